The van der Waals surface area contributed by atoms with Crippen molar-refractivity contribution in [3.63, 3.8) is 0 Å². The third-order valence-electron chi connectivity index (χ3n) is 5.33. The SMILES string of the molecule is Cc1ncc2c(c1-c1noc(CN3CCCCCCC3)n1)CCNC2.Cl.Cl. The predicted molar refractivity (Wildman–Crippen MR) is 111 cm³/mol. The molecule has 2 aromatic heterocycles. The Kier molecular flexibility index (Phi) is 8.48. The molecule has 4 heterocycles. The minimum absolute atomic E-state index is 0. The molecule has 0 spiro atoms. The van der Waals surface area contributed by atoms with E-state index >= 15 is 0 Å². The maximum Gasteiger partial charge on any atom is 0.241 e. The van der Waals surface area contributed by atoms with Crippen LogP contribution in [0.1, 0.15) is 54.8 Å². The summed E-state index contributed by atoms with van der Waals surface area (Å²) in [6.07, 6.45) is 9.54. The van der Waals surface area contributed by atoms with Gasteiger partial charge in [-0.15, -0.1) is 24.8 Å². The minimum atomic E-state index is 0. The molecule has 0 bridgehead atoms. The van der Waals surface area contributed by atoms with Gasteiger partial charge in [0, 0.05) is 24.0 Å². The molecule has 2 aliphatic heterocycles. The number of aromatic nitrogens is 3. The maximum absolute atomic E-state index is 5.59. The number of hydrogen-bond donors (Lipinski definition) is 1. The van der Waals surface area contributed by atoms with Crippen LogP contribution in [0.4, 0.5) is 0 Å². The van der Waals surface area contributed by atoms with E-state index in [2.05, 4.69) is 20.4 Å². The molecule has 0 aromatic carbocycles. The number of rotatable bonds is 3. The molecule has 6 nitrogen and oxygen atoms in total. The van der Waals surface area contributed by atoms with Crippen molar-refractivity contribution < 1.29 is 4.52 Å². The standard InChI is InChI=1S/C19H27N5O.2ClH/c1-14-18(16-7-8-20-11-15(16)12-21-14)19-22-17(25-23-19)13-24-9-5-3-2-4-6-10-24;;/h12,20H,2-11,13H2,1H3;2*1H. The zero-order valence-electron chi connectivity index (χ0n) is 15.9. The summed E-state index contributed by atoms with van der Waals surface area (Å²) in [4.78, 5) is 11.7. The van der Waals surface area contributed by atoms with Crippen molar-refractivity contribution in [2.75, 3.05) is 19.6 Å². The highest BCUT2D eigenvalue weighted by Crippen LogP contribution is 2.28. The normalized spacial score (nSPS) is 17.8. The largest absolute Gasteiger partial charge is 0.338 e. The lowest BCUT2D eigenvalue weighted by molar-refractivity contribution is 0.208. The van der Waals surface area contributed by atoms with Gasteiger partial charge in [0.2, 0.25) is 11.7 Å². The molecule has 27 heavy (non-hydrogen) atoms. The fourth-order valence-electron chi connectivity index (χ4n) is 3.95. The number of likely N-dealkylation sites (tertiary alicyclic amines) is 1. The van der Waals surface area contributed by atoms with Crippen molar-refractivity contribution >= 4 is 24.8 Å². The Labute approximate surface area is 173 Å². The summed E-state index contributed by atoms with van der Waals surface area (Å²) in [5, 5.41) is 7.69. The first-order valence-electron chi connectivity index (χ1n) is 9.54. The number of hydrogen-bond acceptors (Lipinski definition) is 6. The van der Waals surface area contributed by atoms with Gasteiger partial charge in [0.1, 0.15) is 0 Å². The lowest BCUT2D eigenvalue weighted by Crippen LogP contribution is -2.27. The molecule has 0 amide bonds. The highest BCUT2D eigenvalue weighted by Gasteiger charge is 2.21. The zero-order chi connectivity index (χ0) is 17.1. The Bertz CT molecular complexity index is 729. The van der Waals surface area contributed by atoms with Gasteiger partial charge in [-0.05, 0) is 56.9 Å². The summed E-state index contributed by atoms with van der Waals surface area (Å²) in [6, 6.07) is 0. The number of fused-ring (bicyclic) bond motifs is 1. The van der Waals surface area contributed by atoms with Gasteiger partial charge in [-0.25, -0.2) is 0 Å². The summed E-state index contributed by atoms with van der Waals surface area (Å²) in [5.41, 5.74) is 4.63. The second-order valence-electron chi connectivity index (χ2n) is 7.20. The first-order chi connectivity index (χ1) is 12.3. The van der Waals surface area contributed by atoms with Crippen molar-refractivity contribution in [3.05, 3.63) is 28.9 Å². The summed E-state index contributed by atoms with van der Waals surface area (Å²) in [7, 11) is 0. The average molecular weight is 414 g/mol. The molecule has 0 aliphatic carbocycles. The van der Waals surface area contributed by atoms with E-state index in [9.17, 15) is 0 Å². The smallest absolute Gasteiger partial charge is 0.241 e. The van der Waals surface area contributed by atoms with Crippen LogP contribution in [0.3, 0.4) is 0 Å². The van der Waals surface area contributed by atoms with Crippen molar-refractivity contribution in [2.24, 2.45) is 0 Å². The molecule has 8 heteroatoms. The number of aryl methyl sites for hydroxylation is 1. The molecule has 4 rings (SSSR count). The molecule has 1 saturated heterocycles. The molecular weight excluding hydrogens is 385 g/mol. The van der Waals surface area contributed by atoms with Crippen molar-refractivity contribution in [2.45, 2.75) is 58.5 Å². The van der Waals surface area contributed by atoms with Crippen LogP contribution in [0.15, 0.2) is 10.7 Å². The van der Waals surface area contributed by atoms with Gasteiger partial charge in [-0.1, -0.05) is 24.4 Å². The molecule has 1 N–H and O–H groups in total. The monoisotopic (exact) mass is 413 g/mol. The quantitative estimate of drug-likeness (QED) is 0.826. The van der Waals surface area contributed by atoms with Crippen LogP contribution < -0.4 is 5.32 Å². The van der Waals surface area contributed by atoms with Crippen LogP contribution in [0.2, 0.25) is 0 Å². The van der Waals surface area contributed by atoms with E-state index in [1.54, 1.807) is 0 Å². The zero-order valence-corrected chi connectivity index (χ0v) is 17.5. The molecule has 2 aromatic rings. The Morgan fingerprint density at radius 2 is 1.85 bits per heavy atom. The van der Waals surface area contributed by atoms with Gasteiger partial charge in [-0.2, -0.15) is 4.98 Å². The summed E-state index contributed by atoms with van der Waals surface area (Å²) in [6.45, 7) is 6.91. The van der Waals surface area contributed by atoms with Gasteiger partial charge in [-0.3, -0.25) is 9.88 Å². The van der Waals surface area contributed by atoms with Gasteiger partial charge >= 0.3 is 0 Å². The number of pyridine rings is 1. The third-order valence-corrected chi connectivity index (χ3v) is 5.33. The molecule has 0 unspecified atom stereocenters. The van der Waals surface area contributed by atoms with E-state index < -0.39 is 0 Å². The van der Waals surface area contributed by atoms with Crippen molar-refractivity contribution in [1.29, 1.82) is 0 Å². The lowest BCUT2D eigenvalue weighted by atomic mass is 9.95. The molecule has 0 radical (unpaired) electrons. The second kappa shape index (κ2) is 10.4. The first-order valence-corrected chi connectivity index (χ1v) is 9.54. The molecular formula is C19H29Cl2N5O. The molecule has 2 aliphatic rings. The average Bonchev–Trinajstić information content (AvgIpc) is 3.05. The van der Waals surface area contributed by atoms with Crippen LogP contribution in [-0.2, 0) is 19.5 Å². The van der Waals surface area contributed by atoms with Gasteiger partial charge in [0.25, 0.3) is 0 Å². The van der Waals surface area contributed by atoms with Gasteiger partial charge < -0.3 is 9.84 Å². The lowest BCUT2D eigenvalue weighted by Gasteiger charge is -2.22. The fourth-order valence-corrected chi connectivity index (χ4v) is 3.95. The van der Waals surface area contributed by atoms with Crippen LogP contribution in [0.25, 0.3) is 11.4 Å². The van der Waals surface area contributed by atoms with E-state index in [-0.39, 0.29) is 24.8 Å². The van der Waals surface area contributed by atoms with Gasteiger partial charge in [0.05, 0.1) is 6.54 Å². The van der Waals surface area contributed by atoms with Crippen molar-refractivity contribution in [3.8, 4) is 11.4 Å². The topological polar surface area (TPSA) is 67.1 Å². The van der Waals surface area contributed by atoms with Gasteiger partial charge in [0.15, 0.2) is 0 Å². The summed E-state index contributed by atoms with van der Waals surface area (Å²) < 4.78 is 5.59. The number of halogens is 2. The van der Waals surface area contributed by atoms with E-state index in [0.29, 0.717) is 5.82 Å². The molecule has 150 valence electrons. The Hall–Kier alpha value is -1.21. The number of nitrogens with zero attached hydrogens (tertiary/aromatic N) is 4. The maximum atomic E-state index is 5.59. The first kappa shape index (κ1) is 22.1. The van der Waals surface area contributed by atoms with Crippen molar-refractivity contribution in [1.82, 2.24) is 25.3 Å². The number of nitrogens with one attached hydrogen (secondary N) is 1. The third kappa shape index (κ3) is 5.19. The summed E-state index contributed by atoms with van der Waals surface area (Å²) in [5.74, 6) is 1.42. The Morgan fingerprint density at radius 3 is 2.63 bits per heavy atom. The van der Waals surface area contributed by atoms with E-state index in [0.717, 1.165) is 56.3 Å². The second-order valence-corrected chi connectivity index (χ2v) is 7.20. The minimum Gasteiger partial charge on any atom is -0.338 e. The predicted octanol–water partition coefficient (Wildman–Crippen LogP) is 3.70. The summed E-state index contributed by atoms with van der Waals surface area (Å²) >= 11 is 0. The van der Waals surface area contributed by atoms with Crippen LogP contribution in [0.5, 0.6) is 0 Å². The molecule has 1 fully saturated rings. The molecule has 0 atom stereocenters. The highest BCUT2D eigenvalue weighted by molar-refractivity contribution is 5.85. The van der Waals surface area contributed by atoms with Crippen LogP contribution >= 0.6 is 24.8 Å². The Morgan fingerprint density at radius 1 is 1.11 bits per heavy atom. The van der Waals surface area contributed by atoms with E-state index in [4.69, 9.17) is 9.51 Å². The van der Waals surface area contributed by atoms with E-state index in [1.807, 2.05) is 13.1 Å². The fraction of sp³-hybridized carbons (Fsp3) is 0.632. The highest BCUT2D eigenvalue weighted by atomic mass is 35.5. The molecule has 0 saturated carbocycles. The van der Waals surface area contributed by atoms with Crippen LogP contribution in [-0.4, -0.2) is 39.7 Å². The van der Waals surface area contributed by atoms with Crippen LogP contribution in [0, 0.1) is 6.92 Å². The van der Waals surface area contributed by atoms with E-state index in [1.165, 1.54) is 43.2 Å². The Balaban J connectivity index is 0.00000131.